The molecule has 15 heteroatoms. The van der Waals surface area contributed by atoms with Crippen molar-refractivity contribution in [3.05, 3.63) is 93.6 Å². The van der Waals surface area contributed by atoms with E-state index in [0.29, 0.717) is 38.8 Å². The average molecular weight is 825 g/mol. The first-order valence-corrected chi connectivity index (χ1v) is 18.9. The van der Waals surface area contributed by atoms with Crippen molar-refractivity contribution in [1.29, 1.82) is 0 Å². The van der Waals surface area contributed by atoms with E-state index in [4.69, 9.17) is 9.31 Å². The summed E-state index contributed by atoms with van der Waals surface area (Å²) in [5.41, 5.74) is 2.06. The lowest BCUT2D eigenvalue weighted by Gasteiger charge is -2.48. The third kappa shape index (κ3) is 9.94. The minimum absolute atomic E-state index is 0.0182. The molecule has 2 aliphatic rings. The van der Waals surface area contributed by atoms with E-state index in [9.17, 15) is 24.0 Å². The highest BCUT2D eigenvalue weighted by molar-refractivity contribution is 14.1. The van der Waals surface area contributed by atoms with Crippen LogP contribution in [0.15, 0.2) is 73.2 Å². The average Bonchev–Trinajstić information content (AvgIpc) is 3.54. The molecule has 3 heterocycles. The number of rotatable bonds is 18. The maximum Gasteiger partial charge on any atom is 0.605 e. The summed E-state index contributed by atoms with van der Waals surface area (Å²) in [4.78, 5) is 74.0. The zero-order valence-electron chi connectivity index (χ0n) is 29.6. The maximum atomic E-state index is 14.2. The van der Waals surface area contributed by atoms with Crippen LogP contribution >= 0.6 is 22.6 Å². The highest BCUT2D eigenvalue weighted by Crippen LogP contribution is 2.40. The number of unbranched alkanes of at least 4 members (excludes halogenated alkanes) is 1. The molecule has 0 aliphatic carbocycles. The van der Waals surface area contributed by atoms with Gasteiger partial charge in [0.05, 0.1) is 12.1 Å². The van der Waals surface area contributed by atoms with E-state index in [1.807, 2.05) is 44.2 Å². The van der Waals surface area contributed by atoms with Gasteiger partial charge < -0.3 is 29.7 Å². The summed E-state index contributed by atoms with van der Waals surface area (Å²) in [5, 5.41) is 8.83. The minimum Gasteiger partial charge on any atom is -0.599 e. The number of quaternary nitrogens is 1. The number of halogens is 1. The molecule has 2 aliphatic heterocycles. The Balaban J connectivity index is 1.26. The van der Waals surface area contributed by atoms with Gasteiger partial charge in [-0.05, 0) is 83.9 Å². The number of fused-ring (bicyclic) bond motifs is 1. The third-order valence-electron chi connectivity index (χ3n) is 9.65. The van der Waals surface area contributed by atoms with Gasteiger partial charge in [-0.25, -0.2) is 4.98 Å². The van der Waals surface area contributed by atoms with Crippen molar-refractivity contribution < 1.29 is 37.7 Å². The first-order chi connectivity index (χ1) is 25.0. The summed E-state index contributed by atoms with van der Waals surface area (Å²) in [6.45, 7) is 1.92. The Bertz CT molecular complexity index is 1690. The molecule has 3 amide bonds. The molecule has 3 aromatic rings. The van der Waals surface area contributed by atoms with Crippen molar-refractivity contribution in [2.45, 2.75) is 70.8 Å². The summed E-state index contributed by atoms with van der Waals surface area (Å²) in [6, 6.07) is 16.5. The predicted molar refractivity (Wildman–Crippen MR) is 202 cm³/mol. The molecule has 2 fully saturated rings. The van der Waals surface area contributed by atoms with E-state index in [2.05, 4.69) is 72.8 Å². The fourth-order valence-corrected chi connectivity index (χ4v) is 7.57. The van der Waals surface area contributed by atoms with Crippen LogP contribution in [-0.4, -0.2) is 88.9 Å². The zero-order chi connectivity index (χ0) is 37.1. The standard InChI is InChI=1S/C37H46BIN6O7/c1-26(2)21-32(44-36(49)30(22-28-9-4-3-5-10-28)43-37(50)31-23-40-18-19-41-31)38-45(24-34(47)51-38,25-35(48)52-38)20-7-6-17-42-33(46)12-8-11-27-13-15-29(39)16-14-27/h3-5,9-10,13-16,18-19,23,26,30,32H,6-8,11-12,17,20-22,24-25H2,1-2H3,(H,42,46)(H,43,50)(H,44,49)/t30-,32-,38?,45?/m0/s1. The molecule has 0 saturated carbocycles. The summed E-state index contributed by atoms with van der Waals surface area (Å²) >= 11 is 2.27. The molecule has 3 N–H and O–H groups in total. The molecular formula is C37H46BIN6O7. The molecule has 0 spiro atoms. The monoisotopic (exact) mass is 824 g/mol. The van der Waals surface area contributed by atoms with Crippen molar-refractivity contribution in [3.63, 3.8) is 0 Å². The Morgan fingerprint density at radius 2 is 1.62 bits per heavy atom. The van der Waals surface area contributed by atoms with Crippen LogP contribution in [0.2, 0.25) is 0 Å². The molecule has 0 bridgehead atoms. The summed E-state index contributed by atoms with van der Waals surface area (Å²) in [7, 11) is 0. The molecule has 0 radical (unpaired) electrons. The Hall–Kier alpha value is -4.38. The second-order valence-electron chi connectivity index (χ2n) is 14.1. The molecule has 2 aromatic carbocycles. The fourth-order valence-electron chi connectivity index (χ4n) is 7.21. The summed E-state index contributed by atoms with van der Waals surface area (Å²) in [5.74, 6) is -2.96. The van der Waals surface area contributed by atoms with Crippen molar-refractivity contribution in [2.24, 2.45) is 5.92 Å². The lowest BCUT2D eigenvalue weighted by atomic mass is 9.57. The Kier molecular flexibility index (Phi) is 13.4. The topological polar surface area (TPSA) is 166 Å². The van der Waals surface area contributed by atoms with Crippen LogP contribution in [0, 0.1) is 9.49 Å². The number of hydrogen-bond donors (Lipinski definition) is 3. The Morgan fingerprint density at radius 3 is 2.27 bits per heavy atom. The van der Waals surface area contributed by atoms with Gasteiger partial charge in [-0.2, -0.15) is 0 Å². The van der Waals surface area contributed by atoms with Crippen LogP contribution in [0.1, 0.15) is 67.6 Å². The van der Waals surface area contributed by atoms with Crippen LogP contribution in [-0.2, 0) is 41.3 Å². The predicted octanol–water partition coefficient (Wildman–Crippen LogP) is 3.28. The van der Waals surface area contributed by atoms with E-state index < -0.39 is 42.4 Å². The van der Waals surface area contributed by atoms with Gasteiger partial charge in [0.2, 0.25) is 11.8 Å². The number of nitrogens with one attached hydrogen (secondary N) is 3. The molecule has 0 unspecified atom stereocenters. The van der Waals surface area contributed by atoms with Crippen molar-refractivity contribution >= 4 is 58.9 Å². The number of aromatic nitrogens is 2. The third-order valence-corrected chi connectivity index (χ3v) is 10.4. The summed E-state index contributed by atoms with van der Waals surface area (Å²) in [6.07, 6.45) is 7.86. The van der Waals surface area contributed by atoms with Gasteiger partial charge in [0.25, 0.3) is 5.91 Å². The second-order valence-corrected chi connectivity index (χ2v) is 15.3. The zero-order valence-corrected chi connectivity index (χ0v) is 31.8. The highest BCUT2D eigenvalue weighted by atomic mass is 127. The van der Waals surface area contributed by atoms with Crippen molar-refractivity contribution in [1.82, 2.24) is 25.9 Å². The van der Waals surface area contributed by atoms with Gasteiger partial charge in [-0.15, -0.1) is 0 Å². The van der Waals surface area contributed by atoms with Gasteiger partial charge in [0.1, 0.15) is 24.8 Å². The molecule has 2 saturated heterocycles. The highest BCUT2D eigenvalue weighted by Gasteiger charge is 2.70. The van der Waals surface area contributed by atoms with Crippen molar-refractivity contribution in [3.8, 4) is 0 Å². The molecule has 5 rings (SSSR count). The van der Waals surface area contributed by atoms with Gasteiger partial charge in [-0.3, -0.25) is 29.0 Å². The van der Waals surface area contributed by atoms with Gasteiger partial charge in [0.15, 0.2) is 0 Å². The van der Waals surface area contributed by atoms with Crippen LogP contribution in [0.3, 0.4) is 0 Å². The number of carbonyl (C=O) groups is 5. The number of hydrogen-bond acceptors (Lipinski definition) is 9. The SMILES string of the molecule is CC(C)C[C@H](NC(=O)[C@H](Cc1ccccc1)NC(=O)c1cnccn1)[B-]12OC(=O)C[N+]1(CCCCNC(=O)CCCc1ccc(I)cc1)CC(=O)O2. The largest absolute Gasteiger partial charge is 0.605 e. The smallest absolute Gasteiger partial charge is 0.599 e. The number of amides is 3. The van der Waals surface area contributed by atoms with Crippen LogP contribution in [0.25, 0.3) is 0 Å². The van der Waals surface area contributed by atoms with E-state index >= 15 is 0 Å². The maximum absolute atomic E-state index is 14.2. The number of benzene rings is 2. The van der Waals surface area contributed by atoms with Gasteiger partial charge in [0, 0.05) is 41.9 Å². The van der Waals surface area contributed by atoms with E-state index in [-0.39, 0.29) is 41.4 Å². The lowest BCUT2D eigenvalue weighted by molar-refractivity contribution is -0.816. The molecule has 13 nitrogen and oxygen atoms in total. The number of carbonyl (C=O) groups excluding carboxylic acids is 5. The summed E-state index contributed by atoms with van der Waals surface area (Å²) < 4.78 is 13.1. The first kappa shape index (κ1) is 38.8. The van der Waals surface area contributed by atoms with Crippen LogP contribution in [0.4, 0.5) is 0 Å². The molecule has 2 atom stereocenters. The normalized spacial score (nSPS) is 20.4. The molecule has 1 aromatic heterocycles. The quantitative estimate of drug-likeness (QED) is 0.0993. The lowest BCUT2D eigenvalue weighted by Crippen LogP contribution is -2.73. The van der Waals surface area contributed by atoms with Crippen LogP contribution in [0.5, 0.6) is 0 Å². The minimum atomic E-state index is -2.70. The second kappa shape index (κ2) is 17.9. The fraction of sp³-hybridized carbons (Fsp3) is 0.432. The van der Waals surface area contributed by atoms with E-state index in [1.165, 1.54) is 27.7 Å². The van der Waals surface area contributed by atoms with E-state index in [0.717, 1.165) is 18.4 Å². The molecule has 276 valence electrons. The molecular weight excluding hydrogens is 778 g/mol. The number of aryl methyl sites for hydroxylation is 1. The number of nitrogens with zero attached hydrogens (tertiary/aromatic N) is 3. The van der Waals surface area contributed by atoms with Gasteiger partial charge in [-0.1, -0.05) is 56.3 Å². The Labute approximate surface area is 317 Å². The van der Waals surface area contributed by atoms with Crippen LogP contribution < -0.4 is 16.0 Å². The van der Waals surface area contributed by atoms with Crippen molar-refractivity contribution in [2.75, 3.05) is 26.2 Å². The van der Waals surface area contributed by atoms with Gasteiger partial charge >= 0.3 is 18.6 Å². The first-order valence-electron chi connectivity index (χ1n) is 17.8. The Morgan fingerprint density at radius 1 is 0.904 bits per heavy atom. The van der Waals surface area contributed by atoms with E-state index in [1.54, 1.807) is 0 Å². The molecule has 52 heavy (non-hydrogen) atoms.